The molecule has 0 aromatic heterocycles. The van der Waals surface area contributed by atoms with Gasteiger partial charge in [-0.25, -0.2) is 9.79 Å². The molecule has 148 valence electrons. The minimum Gasteiger partial charge on any atom is -0.507 e. The van der Waals surface area contributed by atoms with Crippen LogP contribution in [0.1, 0.15) is 15.9 Å². The summed E-state index contributed by atoms with van der Waals surface area (Å²) in [5.41, 5.74) is 0.541. The molecule has 9 heteroatoms. The van der Waals surface area contributed by atoms with E-state index in [9.17, 15) is 24.9 Å². The van der Waals surface area contributed by atoms with Gasteiger partial charge in [0.1, 0.15) is 11.3 Å². The van der Waals surface area contributed by atoms with Crippen molar-refractivity contribution in [2.45, 2.75) is 0 Å². The molecule has 4 N–H and O–H groups in total. The molecule has 2 aromatic carbocycles. The third-order valence-electron chi connectivity index (χ3n) is 3.93. The maximum Gasteiger partial charge on any atom is 0.339 e. The fraction of sp³-hybridized carbons (Fsp3) is 0.0500. The number of thioether (sulfide) groups is 1. The number of hydrogen-bond donors (Lipinski definition) is 4. The van der Waals surface area contributed by atoms with Gasteiger partial charge in [0.25, 0.3) is 5.91 Å². The molecule has 1 heterocycles. The number of aliphatic imine (C=N–C) groups is 1. The summed E-state index contributed by atoms with van der Waals surface area (Å²) < 4.78 is 0. The highest BCUT2D eigenvalue weighted by Gasteiger charge is 2.32. The van der Waals surface area contributed by atoms with Crippen molar-refractivity contribution in [3.63, 3.8) is 0 Å². The number of benzene rings is 2. The number of phenolic OH excluding ortho intramolecular Hbond substituents is 2. The molecule has 0 saturated carbocycles. The zero-order valence-corrected chi connectivity index (χ0v) is 15.8. The average molecular weight is 412 g/mol. The second kappa shape index (κ2) is 8.11. The Morgan fingerprint density at radius 2 is 1.86 bits per heavy atom. The van der Waals surface area contributed by atoms with Crippen molar-refractivity contribution in [1.29, 1.82) is 0 Å². The van der Waals surface area contributed by atoms with Crippen LogP contribution in [0.2, 0.25) is 0 Å². The van der Waals surface area contributed by atoms with E-state index in [2.05, 4.69) is 11.6 Å². The summed E-state index contributed by atoms with van der Waals surface area (Å²) in [5, 5.41) is 38.2. The Hall–Kier alpha value is -3.72. The van der Waals surface area contributed by atoms with Gasteiger partial charge in [0.05, 0.1) is 10.6 Å². The molecule has 0 aliphatic carbocycles. The quantitative estimate of drug-likeness (QED) is 0.337. The van der Waals surface area contributed by atoms with Gasteiger partial charge in [-0.1, -0.05) is 12.1 Å². The Morgan fingerprint density at radius 1 is 1.10 bits per heavy atom. The summed E-state index contributed by atoms with van der Waals surface area (Å²) >= 11 is 1.08. The molecule has 0 bridgehead atoms. The van der Waals surface area contributed by atoms with Gasteiger partial charge in [-0.05, 0) is 47.7 Å². The number of carbonyl (C=O) groups is 2. The van der Waals surface area contributed by atoms with Crippen LogP contribution in [0.25, 0.3) is 6.08 Å². The highest BCUT2D eigenvalue weighted by atomic mass is 32.2. The molecule has 1 saturated heterocycles. The van der Waals surface area contributed by atoms with Crippen LogP contribution in [-0.4, -0.2) is 48.9 Å². The average Bonchev–Trinajstić information content (AvgIpc) is 2.93. The highest BCUT2D eigenvalue weighted by molar-refractivity contribution is 8.18. The van der Waals surface area contributed by atoms with Crippen LogP contribution in [0, 0.1) is 0 Å². The Labute approximate surface area is 169 Å². The zero-order chi connectivity index (χ0) is 21.1. The lowest BCUT2D eigenvalue weighted by molar-refractivity contribution is -0.121. The number of nitrogens with zero attached hydrogens (tertiary/aromatic N) is 2. The van der Waals surface area contributed by atoms with E-state index in [-0.39, 0.29) is 35.2 Å². The summed E-state index contributed by atoms with van der Waals surface area (Å²) in [5.74, 6) is -2.59. The molecule has 0 unspecified atom stereocenters. The number of rotatable bonds is 5. The first kappa shape index (κ1) is 20.0. The topological polar surface area (TPSA) is 131 Å². The summed E-state index contributed by atoms with van der Waals surface area (Å²) in [7, 11) is 0. The van der Waals surface area contributed by atoms with E-state index in [4.69, 9.17) is 5.11 Å². The van der Waals surface area contributed by atoms with Gasteiger partial charge in [0.15, 0.2) is 16.7 Å². The van der Waals surface area contributed by atoms with Crippen molar-refractivity contribution >= 4 is 40.6 Å². The molecule has 29 heavy (non-hydrogen) atoms. The van der Waals surface area contributed by atoms with Crippen LogP contribution in [0.5, 0.6) is 17.2 Å². The van der Waals surface area contributed by atoms with Gasteiger partial charge in [-0.15, -0.1) is 6.58 Å². The van der Waals surface area contributed by atoms with Crippen molar-refractivity contribution < 1.29 is 30.0 Å². The first-order chi connectivity index (χ1) is 13.8. The molecule has 1 aliphatic heterocycles. The lowest BCUT2D eigenvalue weighted by Crippen LogP contribution is -2.29. The maximum atomic E-state index is 12.7. The first-order valence-electron chi connectivity index (χ1n) is 8.29. The molecule has 0 radical (unpaired) electrons. The minimum atomic E-state index is -1.26. The Balaban J connectivity index is 1.96. The van der Waals surface area contributed by atoms with Crippen molar-refractivity contribution in [3.8, 4) is 17.2 Å². The summed E-state index contributed by atoms with van der Waals surface area (Å²) in [6, 6.07) is 8.04. The standard InChI is InChI=1S/C20H16N2O6S/c1-2-7-22-18(26)17(9-11-3-6-14(23)16(25)8-11)29-20(22)21-12-4-5-13(19(27)28)15(24)10-12/h2-6,8-10,23-25H,1,7H2,(H,27,28)/b17-9-,21-20?. The number of amides is 1. The number of aromatic hydroxyl groups is 3. The summed E-state index contributed by atoms with van der Waals surface area (Å²) in [6.45, 7) is 3.83. The van der Waals surface area contributed by atoms with Gasteiger partial charge in [0.2, 0.25) is 0 Å². The second-order valence-electron chi connectivity index (χ2n) is 5.96. The molecule has 1 amide bonds. The SMILES string of the molecule is C=CCN1C(=O)/C(=C/c2ccc(O)c(O)c2)SC1=Nc1ccc(C(=O)O)c(O)c1. The zero-order valence-electron chi connectivity index (χ0n) is 14.9. The van der Waals surface area contributed by atoms with Crippen molar-refractivity contribution in [1.82, 2.24) is 4.90 Å². The van der Waals surface area contributed by atoms with Gasteiger partial charge in [0, 0.05) is 12.6 Å². The lowest BCUT2D eigenvalue weighted by atomic mass is 10.2. The Morgan fingerprint density at radius 3 is 2.48 bits per heavy atom. The third kappa shape index (κ3) is 4.25. The van der Waals surface area contributed by atoms with Gasteiger partial charge in [-0.2, -0.15) is 0 Å². The Kier molecular flexibility index (Phi) is 5.60. The molecular weight excluding hydrogens is 396 g/mol. The van der Waals surface area contributed by atoms with Crippen LogP contribution in [0.15, 0.2) is 59.0 Å². The molecule has 1 aliphatic rings. The predicted molar refractivity (Wildman–Crippen MR) is 109 cm³/mol. The molecule has 2 aromatic rings. The number of amidine groups is 1. The van der Waals surface area contributed by atoms with E-state index in [1.807, 2.05) is 0 Å². The van der Waals surface area contributed by atoms with E-state index in [0.717, 1.165) is 11.8 Å². The molecule has 8 nitrogen and oxygen atoms in total. The van der Waals surface area contributed by atoms with Crippen LogP contribution in [-0.2, 0) is 4.79 Å². The van der Waals surface area contributed by atoms with Crippen molar-refractivity contribution in [2.24, 2.45) is 4.99 Å². The summed E-state index contributed by atoms with van der Waals surface area (Å²) in [4.78, 5) is 29.8. The second-order valence-corrected chi connectivity index (χ2v) is 6.97. The lowest BCUT2D eigenvalue weighted by Gasteiger charge is -2.12. The molecule has 1 fully saturated rings. The largest absolute Gasteiger partial charge is 0.507 e. The maximum absolute atomic E-state index is 12.7. The van der Waals surface area contributed by atoms with E-state index in [1.165, 1.54) is 41.3 Å². The van der Waals surface area contributed by atoms with E-state index < -0.39 is 11.7 Å². The van der Waals surface area contributed by atoms with Crippen LogP contribution >= 0.6 is 11.8 Å². The fourth-order valence-electron chi connectivity index (χ4n) is 2.54. The smallest absolute Gasteiger partial charge is 0.339 e. The van der Waals surface area contributed by atoms with E-state index in [0.29, 0.717) is 15.6 Å². The molecule has 0 atom stereocenters. The van der Waals surface area contributed by atoms with Crippen LogP contribution < -0.4 is 0 Å². The fourth-order valence-corrected chi connectivity index (χ4v) is 3.55. The minimum absolute atomic E-state index is 0.196. The van der Waals surface area contributed by atoms with Gasteiger partial charge < -0.3 is 20.4 Å². The number of carboxylic acid groups (broad SMARTS) is 1. The number of aromatic carboxylic acids is 1. The van der Waals surface area contributed by atoms with Crippen molar-refractivity contribution in [2.75, 3.05) is 6.54 Å². The van der Waals surface area contributed by atoms with E-state index in [1.54, 1.807) is 12.1 Å². The normalized spacial score (nSPS) is 16.6. The van der Waals surface area contributed by atoms with Gasteiger partial charge in [-0.3, -0.25) is 9.69 Å². The molecule has 3 rings (SSSR count). The van der Waals surface area contributed by atoms with Gasteiger partial charge >= 0.3 is 5.97 Å². The monoisotopic (exact) mass is 412 g/mol. The number of carbonyl (C=O) groups excluding carboxylic acids is 1. The number of hydrogen-bond acceptors (Lipinski definition) is 7. The third-order valence-corrected chi connectivity index (χ3v) is 4.94. The predicted octanol–water partition coefficient (Wildman–Crippen LogP) is 3.29. The molecular formula is C20H16N2O6S. The van der Waals surface area contributed by atoms with Crippen molar-refractivity contribution in [3.05, 3.63) is 65.1 Å². The highest BCUT2D eigenvalue weighted by Crippen LogP contribution is 2.36. The Bertz CT molecular complexity index is 1080. The van der Waals surface area contributed by atoms with E-state index >= 15 is 0 Å². The van der Waals surface area contributed by atoms with Crippen LogP contribution in [0.4, 0.5) is 5.69 Å². The number of phenols is 3. The first-order valence-corrected chi connectivity index (χ1v) is 9.11. The molecule has 0 spiro atoms. The summed E-state index contributed by atoms with van der Waals surface area (Å²) in [6.07, 6.45) is 3.09. The number of carboxylic acids is 1. The van der Waals surface area contributed by atoms with Crippen LogP contribution in [0.3, 0.4) is 0 Å².